The number of rotatable bonds is 1. The van der Waals surface area contributed by atoms with Crippen LogP contribution in [0.3, 0.4) is 0 Å². The zero-order valence-electron chi connectivity index (χ0n) is 9.26. The second kappa shape index (κ2) is 3.79. The largest absolute Gasteiger partial charge is 0.298 e. The van der Waals surface area contributed by atoms with Crippen molar-refractivity contribution in [1.82, 2.24) is 4.90 Å². The molecule has 1 aliphatic rings. The van der Waals surface area contributed by atoms with Gasteiger partial charge in [-0.15, -0.1) is 0 Å². The third-order valence-electron chi connectivity index (χ3n) is 2.99. The van der Waals surface area contributed by atoms with Crippen molar-refractivity contribution in [2.75, 3.05) is 13.1 Å². The van der Waals surface area contributed by atoms with Gasteiger partial charge in [-0.25, -0.2) is 0 Å². The average Bonchev–Trinajstić information content (AvgIpc) is 2.02. The molecule has 0 bridgehead atoms. The quantitative estimate of drug-likeness (QED) is 0.620. The topological polar surface area (TPSA) is 20.3 Å². The minimum Gasteiger partial charge on any atom is -0.298 e. The molecule has 1 fully saturated rings. The predicted octanol–water partition coefficient (Wildman–Crippen LogP) is 2.09. The van der Waals surface area contributed by atoms with Crippen LogP contribution < -0.4 is 0 Å². The van der Waals surface area contributed by atoms with Crippen molar-refractivity contribution in [2.24, 2.45) is 5.92 Å². The average molecular weight is 183 g/mol. The zero-order valence-corrected chi connectivity index (χ0v) is 9.26. The highest BCUT2D eigenvalue weighted by Crippen LogP contribution is 2.22. The van der Waals surface area contributed by atoms with Crippen molar-refractivity contribution < 1.29 is 4.79 Å². The normalized spacial score (nSPS) is 26.5. The number of Topliss-reactive ketones (excluding diaryl/α,β-unsaturated/α-hetero) is 1. The van der Waals surface area contributed by atoms with E-state index in [0.29, 0.717) is 18.2 Å². The Morgan fingerprint density at radius 3 is 2.46 bits per heavy atom. The summed E-state index contributed by atoms with van der Waals surface area (Å²) in [7, 11) is 0. The van der Waals surface area contributed by atoms with Crippen LogP contribution in [0.25, 0.3) is 0 Å². The van der Waals surface area contributed by atoms with Crippen molar-refractivity contribution >= 4 is 5.78 Å². The first-order valence-corrected chi connectivity index (χ1v) is 5.23. The zero-order chi connectivity index (χ0) is 10.1. The number of carbonyl (C=O) groups is 1. The van der Waals surface area contributed by atoms with Gasteiger partial charge in [-0.2, -0.15) is 0 Å². The summed E-state index contributed by atoms with van der Waals surface area (Å²) in [5.74, 6) is 0.766. The molecule has 0 amide bonds. The first-order valence-electron chi connectivity index (χ1n) is 5.23. The van der Waals surface area contributed by atoms with Gasteiger partial charge in [0, 0.05) is 11.5 Å². The van der Waals surface area contributed by atoms with E-state index >= 15 is 0 Å². The highest BCUT2D eigenvalue weighted by molar-refractivity contribution is 5.83. The first-order chi connectivity index (χ1) is 5.95. The van der Waals surface area contributed by atoms with Gasteiger partial charge in [-0.3, -0.25) is 9.69 Å². The molecular formula is C11H21NO. The number of ketones is 1. The van der Waals surface area contributed by atoms with Crippen molar-refractivity contribution in [3.63, 3.8) is 0 Å². The Kier molecular flexibility index (Phi) is 3.12. The Morgan fingerprint density at radius 1 is 1.46 bits per heavy atom. The summed E-state index contributed by atoms with van der Waals surface area (Å²) < 4.78 is 0. The van der Waals surface area contributed by atoms with Gasteiger partial charge in [-0.05, 0) is 40.2 Å². The van der Waals surface area contributed by atoms with E-state index in [2.05, 4.69) is 32.6 Å². The Balaban J connectivity index is 2.56. The molecule has 0 aliphatic carbocycles. The van der Waals surface area contributed by atoms with E-state index in [1.807, 2.05) is 0 Å². The Labute approximate surface area is 81.3 Å². The lowest BCUT2D eigenvalue weighted by Gasteiger charge is -2.39. The van der Waals surface area contributed by atoms with Crippen LogP contribution in [0, 0.1) is 5.92 Å². The second-order valence-electron chi connectivity index (χ2n) is 4.95. The van der Waals surface area contributed by atoms with Gasteiger partial charge < -0.3 is 0 Å². The maximum Gasteiger partial charge on any atom is 0.149 e. The third kappa shape index (κ3) is 2.53. The molecule has 2 heteroatoms. The maximum absolute atomic E-state index is 11.6. The van der Waals surface area contributed by atoms with Crippen LogP contribution in [0.15, 0.2) is 0 Å². The van der Waals surface area contributed by atoms with E-state index in [4.69, 9.17) is 0 Å². The molecule has 0 aromatic carbocycles. The molecule has 1 aliphatic heterocycles. The minimum atomic E-state index is 0.147. The van der Waals surface area contributed by atoms with Crippen molar-refractivity contribution in [3.05, 3.63) is 0 Å². The Hall–Kier alpha value is -0.370. The molecular weight excluding hydrogens is 162 g/mol. The van der Waals surface area contributed by atoms with Crippen molar-refractivity contribution in [3.8, 4) is 0 Å². The molecule has 1 saturated heterocycles. The van der Waals surface area contributed by atoms with Gasteiger partial charge in [0.15, 0.2) is 0 Å². The summed E-state index contributed by atoms with van der Waals surface area (Å²) in [4.78, 5) is 13.9. The minimum absolute atomic E-state index is 0.147. The predicted molar refractivity (Wildman–Crippen MR) is 54.7 cm³/mol. The SMILES string of the molecule is CCC1CCN(C(C)(C)C)CC1=O. The van der Waals surface area contributed by atoms with Crippen LogP contribution >= 0.6 is 0 Å². The number of likely N-dealkylation sites (tertiary alicyclic amines) is 1. The van der Waals surface area contributed by atoms with E-state index < -0.39 is 0 Å². The highest BCUT2D eigenvalue weighted by Gasteiger charge is 2.31. The molecule has 2 nitrogen and oxygen atoms in total. The Bertz CT molecular complexity index is 193. The van der Waals surface area contributed by atoms with Gasteiger partial charge in [0.1, 0.15) is 5.78 Å². The number of carbonyl (C=O) groups excluding carboxylic acids is 1. The van der Waals surface area contributed by atoms with E-state index in [0.717, 1.165) is 19.4 Å². The lowest BCUT2D eigenvalue weighted by molar-refractivity contribution is -0.128. The molecule has 0 aromatic rings. The van der Waals surface area contributed by atoms with Crippen molar-refractivity contribution in [2.45, 2.75) is 46.1 Å². The van der Waals surface area contributed by atoms with Gasteiger partial charge in [0.2, 0.25) is 0 Å². The summed E-state index contributed by atoms with van der Waals surface area (Å²) in [6, 6.07) is 0. The standard InChI is InChI=1S/C11H21NO/c1-5-9-6-7-12(8-10(9)13)11(2,3)4/h9H,5-8H2,1-4H3. The molecule has 0 saturated carbocycles. The summed E-state index contributed by atoms with van der Waals surface area (Å²) in [5.41, 5.74) is 0.147. The summed E-state index contributed by atoms with van der Waals surface area (Å²) in [5, 5.41) is 0. The van der Waals surface area contributed by atoms with E-state index in [1.54, 1.807) is 0 Å². The van der Waals surface area contributed by atoms with Crippen LogP contribution in [-0.4, -0.2) is 29.3 Å². The molecule has 0 aromatic heterocycles. The third-order valence-corrected chi connectivity index (χ3v) is 2.99. The second-order valence-corrected chi connectivity index (χ2v) is 4.95. The molecule has 1 heterocycles. The first kappa shape index (κ1) is 10.7. The summed E-state index contributed by atoms with van der Waals surface area (Å²) >= 11 is 0. The van der Waals surface area contributed by atoms with E-state index in [-0.39, 0.29) is 5.54 Å². The van der Waals surface area contributed by atoms with Gasteiger partial charge in [0.25, 0.3) is 0 Å². The summed E-state index contributed by atoms with van der Waals surface area (Å²) in [6.45, 7) is 10.4. The molecule has 0 spiro atoms. The van der Waals surface area contributed by atoms with Crippen LogP contribution in [-0.2, 0) is 4.79 Å². The highest BCUT2D eigenvalue weighted by atomic mass is 16.1. The molecule has 1 atom stereocenters. The van der Waals surface area contributed by atoms with Crippen LogP contribution in [0.5, 0.6) is 0 Å². The fourth-order valence-electron chi connectivity index (χ4n) is 1.87. The fraction of sp³-hybridized carbons (Fsp3) is 0.909. The van der Waals surface area contributed by atoms with Gasteiger partial charge in [-0.1, -0.05) is 6.92 Å². The van der Waals surface area contributed by atoms with Gasteiger partial charge in [0.05, 0.1) is 6.54 Å². The van der Waals surface area contributed by atoms with Crippen molar-refractivity contribution in [1.29, 1.82) is 0 Å². The van der Waals surface area contributed by atoms with Crippen LogP contribution in [0.2, 0.25) is 0 Å². The number of piperidine rings is 1. The Morgan fingerprint density at radius 2 is 2.08 bits per heavy atom. The molecule has 0 N–H and O–H groups in total. The number of hydrogen-bond donors (Lipinski definition) is 0. The van der Waals surface area contributed by atoms with E-state index in [1.165, 1.54) is 0 Å². The summed E-state index contributed by atoms with van der Waals surface area (Å²) in [6.07, 6.45) is 2.06. The fourth-order valence-corrected chi connectivity index (χ4v) is 1.87. The molecule has 13 heavy (non-hydrogen) atoms. The van der Waals surface area contributed by atoms with Crippen LogP contribution in [0.4, 0.5) is 0 Å². The lowest BCUT2D eigenvalue weighted by Crippen LogP contribution is -2.50. The number of nitrogens with zero attached hydrogens (tertiary/aromatic N) is 1. The smallest absolute Gasteiger partial charge is 0.149 e. The number of hydrogen-bond acceptors (Lipinski definition) is 2. The molecule has 76 valence electrons. The van der Waals surface area contributed by atoms with E-state index in [9.17, 15) is 4.79 Å². The maximum atomic E-state index is 11.6. The van der Waals surface area contributed by atoms with Crippen LogP contribution in [0.1, 0.15) is 40.5 Å². The monoisotopic (exact) mass is 183 g/mol. The van der Waals surface area contributed by atoms with Gasteiger partial charge >= 0.3 is 0 Å². The molecule has 1 unspecified atom stereocenters. The lowest BCUT2D eigenvalue weighted by atomic mass is 9.90. The molecule has 0 radical (unpaired) electrons. The molecule has 1 rings (SSSR count).